The minimum atomic E-state index is -1.19. The van der Waals surface area contributed by atoms with Crippen LogP contribution in [0.2, 0.25) is 0 Å². The Kier molecular flexibility index (Phi) is 3.64. The van der Waals surface area contributed by atoms with Crippen molar-refractivity contribution < 1.29 is 24.2 Å². The van der Waals surface area contributed by atoms with E-state index in [1.807, 2.05) is 0 Å². The molecule has 122 valence electrons. The Morgan fingerprint density at radius 1 is 1.25 bits per heavy atom. The summed E-state index contributed by atoms with van der Waals surface area (Å²) in [6.07, 6.45) is 0. The molecule has 0 bridgehead atoms. The highest BCUT2D eigenvalue weighted by Crippen LogP contribution is 2.31. The Bertz CT molecular complexity index is 994. The molecule has 0 fully saturated rings. The molecule has 0 unspecified atom stereocenters. The summed E-state index contributed by atoms with van der Waals surface area (Å²) in [5.74, 6) is -2.13. The number of carboxylic acids is 1. The lowest BCUT2D eigenvalue weighted by molar-refractivity contribution is -0.137. The van der Waals surface area contributed by atoms with Crippen LogP contribution in [0.25, 0.3) is 22.6 Å². The number of carbonyl (C=O) groups excluding carboxylic acids is 1. The van der Waals surface area contributed by atoms with E-state index in [-0.39, 0.29) is 28.1 Å². The Morgan fingerprint density at radius 2 is 2.00 bits per heavy atom. The number of fused-ring (bicyclic) bond motifs is 2. The molecule has 0 aromatic heterocycles. The van der Waals surface area contributed by atoms with E-state index in [0.717, 1.165) is 4.90 Å². The number of hydrogen-bond acceptors (Lipinski definition) is 6. The van der Waals surface area contributed by atoms with Gasteiger partial charge in [-0.3, -0.25) is 14.4 Å². The van der Waals surface area contributed by atoms with Crippen LogP contribution in [0.1, 0.15) is 10.4 Å². The highest BCUT2D eigenvalue weighted by Gasteiger charge is 2.24. The lowest BCUT2D eigenvalue weighted by Crippen LogP contribution is -2.32. The maximum atomic E-state index is 12.5. The number of carbonyl (C=O) groups is 2. The number of phenols is 1. The van der Waals surface area contributed by atoms with E-state index in [1.165, 1.54) is 37.4 Å². The summed E-state index contributed by atoms with van der Waals surface area (Å²) in [5.41, 5.74) is 0.205. The van der Waals surface area contributed by atoms with Crippen LogP contribution in [0, 0.1) is 0 Å². The number of hydrogen-bond donors (Lipinski definition) is 2. The molecular formula is C16H12N2O6. The van der Waals surface area contributed by atoms with E-state index >= 15 is 0 Å². The van der Waals surface area contributed by atoms with E-state index in [4.69, 9.17) is 9.52 Å². The Balaban J connectivity index is 2.25. The molecule has 0 atom stereocenters. The minimum absolute atomic E-state index is 0.0182. The van der Waals surface area contributed by atoms with E-state index in [0.29, 0.717) is 11.2 Å². The summed E-state index contributed by atoms with van der Waals surface area (Å²) in [5, 5.41) is 18.9. The summed E-state index contributed by atoms with van der Waals surface area (Å²) < 4.78 is 5.60. The molecule has 1 aliphatic carbocycles. The molecule has 8 heteroatoms. The number of likely N-dealkylation sites (N-methyl/N-ethyl adjacent to an activating group) is 1. The number of aromatic nitrogens is 1. The van der Waals surface area contributed by atoms with Crippen LogP contribution in [-0.2, 0) is 4.79 Å². The second-order valence-electron chi connectivity index (χ2n) is 5.21. The first kappa shape index (κ1) is 15.5. The number of amides is 1. The van der Waals surface area contributed by atoms with E-state index in [1.54, 1.807) is 0 Å². The van der Waals surface area contributed by atoms with Gasteiger partial charge in [-0.15, -0.1) is 0 Å². The van der Waals surface area contributed by atoms with Crippen LogP contribution in [0.3, 0.4) is 0 Å². The van der Waals surface area contributed by atoms with Gasteiger partial charge in [0.2, 0.25) is 0 Å². The zero-order valence-corrected chi connectivity index (χ0v) is 12.5. The number of aliphatic carboxylic acids is 1. The fourth-order valence-electron chi connectivity index (χ4n) is 2.33. The third kappa shape index (κ3) is 2.65. The molecule has 3 rings (SSSR count). The predicted octanol–water partition coefficient (Wildman–Crippen LogP) is 1.15. The lowest BCUT2D eigenvalue weighted by atomic mass is 10.1. The highest BCUT2D eigenvalue weighted by molar-refractivity contribution is 6.07. The second-order valence-corrected chi connectivity index (χ2v) is 5.21. The van der Waals surface area contributed by atoms with Gasteiger partial charge in [0.25, 0.3) is 5.91 Å². The van der Waals surface area contributed by atoms with Gasteiger partial charge >= 0.3 is 5.97 Å². The molecule has 0 saturated heterocycles. The SMILES string of the molecule is CN(CC(=O)O)C(=O)c1c(O)ccc2nc3ccc(=O)cc-3oc12. The van der Waals surface area contributed by atoms with Gasteiger partial charge in [0.1, 0.15) is 29.1 Å². The van der Waals surface area contributed by atoms with Crippen LogP contribution >= 0.6 is 0 Å². The number of carboxylic acid groups (broad SMARTS) is 1. The van der Waals surface area contributed by atoms with E-state index in [9.17, 15) is 19.5 Å². The van der Waals surface area contributed by atoms with Gasteiger partial charge in [-0.2, -0.15) is 0 Å². The maximum absolute atomic E-state index is 12.5. The van der Waals surface area contributed by atoms with Crippen molar-refractivity contribution in [2.75, 3.05) is 13.6 Å². The normalized spacial score (nSPS) is 10.9. The van der Waals surface area contributed by atoms with Crippen molar-refractivity contribution in [1.82, 2.24) is 9.88 Å². The summed E-state index contributed by atoms with van der Waals surface area (Å²) in [6.45, 7) is -0.541. The average molecular weight is 328 g/mol. The zero-order chi connectivity index (χ0) is 17.4. The predicted molar refractivity (Wildman–Crippen MR) is 83.2 cm³/mol. The molecule has 0 spiro atoms. The molecule has 1 aromatic rings. The van der Waals surface area contributed by atoms with Crippen LogP contribution < -0.4 is 5.43 Å². The van der Waals surface area contributed by atoms with Crippen LogP contribution in [0.5, 0.6) is 5.75 Å². The second kappa shape index (κ2) is 5.65. The van der Waals surface area contributed by atoms with Gasteiger partial charge < -0.3 is 19.5 Å². The molecule has 0 radical (unpaired) electrons. The van der Waals surface area contributed by atoms with Gasteiger partial charge in [-0.25, -0.2) is 4.98 Å². The van der Waals surface area contributed by atoms with Gasteiger partial charge in [0.15, 0.2) is 16.8 Å². The first-order chi connectivity index (χ1) is 11.4. The first-order valence-electron chi connectivity index (χ1n) is 6.90. The summed E-state index contributed by atoms with van der Waals surface area (Å²) in [4.78, 5) is 39.9. The smallest absolute Gasteiger partial charge is 0.323 e. The van der Waals surface area contributed by atoms with Crippen molar-refractivity contribution in [3.05, 3.63) is 46.1 Å². The Labute approximate surface area is 134 Å². The van der Waals surface area contributed by atoms with Crippen molar-refractivity contribution in [2.45, 2.75) is 0 Å². The topological polar surface area (TPSA) is 121 Å². The van der Waals surface area contributed by atoms with Crippen molar-refractivity contribution in [2.24, 2.45) is 0 Å². The first-order valence-corrected chi connectivity index (χ1v) is 6.90. The van der Waals surface area contributed by atoms with Crippen molar-refractivity contribution >= 4 is 23.0 Å². The summed E-state index contributed by atoms with van der Waals surface area (Å²) in [6, 6.07) is 6.80. The average Bonchev–Trinajstić information content (AvgIpc) is 2.52. The molecule has 2 aliphatic rings. The summed E-state index contributed by atoms with van der Waals surface area (Å²) >= 11 is 0. The Morgan fingerprint density at radius 3 is 2.71 bits per heavy atom. The fraction of sp³-hybridized carbons (Fsp3) is 0.125. The molecule has 1 heterocycles. The van der Waals surface area contributed by atoms with E-state index in [2.05, 4.69) is 4.98 Å². The third-order valence-corrected chi connectivity index (χ3v) is 3.43. The lowest BCUT2D eigenvalue weighted by Gasteiger charge is -2.16. The molecule has 8 nitrogen and oxygen atoms in total. The van der Waals surface area contributed by atoms with Crippen molar-refractivity contribution in [3.8, 4) is 17.2 Å². The zero-order valence-electron chi connectivity index (χ0n) is 12.5. The monoisotopic (exact) mass is 328 g/mol. The number of phenolic OH excluding ortho intramolecular Hbond substituents is 1. The van der Waals surface area contributed by atoms with Gasteiger partial charge in [-0.05, 0) is 24.3 Å². The standard InChI is InChI=1S/C16H12N2O6/c1-18(7-13(21)22)16(23)14-11(20)5-4-10-15(14)24-12-6-8(19)2-3-9(12)17-10/h2-6,20H,7H2,1H3,(H,21,22). The summed E-state index contributed by atoms with van der Waals surface area (Å²) in [7, 11) is 1.29. The van der Waals surface area contributed by atoms with E-state index < -0.39 is 18.4 Å². The molecule has 0 saturated carbocycles. The van der Waals surface area contributed by atoms with Crippen molar-refractivity contribution in [3.63, 3.8) is 0 Å². The third-order valence-electron chi connectivity index (χ3n) is 3.43. The highest BCUT2D eigenvalue weighted by atomic mass is 16.4. The van der Waals surface area contributed by atoms with Crippen LogP contribution in [0.4, 0.5) is 0 Å². The Hall–Kier alpha value is -3.42. The number of benzene rings is 2. The molecule has 24 heavy (non-hydrogen) atoms. The largest absolute Gasteiger partial charge is 0.507 e. The van der Waals surface area contributed by atoms with Gasteiger partial charge in [0, 0.05) is 13.1 Å². The number of aromatic hydroxyl groups is 1. The van der Waals surface area contributed by atoms with Gasteiger partial charge in [-0.1, -0.05) is 0 Å². The maximum Gasteiger partial charge on any atom is 0.323 e. The molecular weight excluding hydrogens is 316 g/mol. The molecule has 2 N–H and O–H groups in total. The van der Waals surface area contributed by atoms with Crippen LogP contribution in [0.15, 0.2) is 39.5 Å². The quantitative estimate of drug-likeness (QED) is 0.692. The number of rotatable bonds is 3. The fourth-order valence-corrected chi connectivity index (χ4v) is 2.33. The minimum Gasteiger partial charge on any atom is -0.507 e. The van der Waals surface area contributed by atoms with Gasteiger partial charge in [0.05, 0.1) is 0 Å². The number of nitrogens with zero attached hydrogens (tertiary/aromatic N) is 2. The molecule has 1 aliphatic heterocycles. The molecule has 1 amide bonds. The van der Waals surface area contributed by atoms with Crippen molar-refractivity contribution in [1.29, 1.82) is 0 Å². The van der Waals surface area contributed by atoms with Crippen LogP contribution in [-0.4, -0.2) is 45.6 Å². The molecule has 1 aromatic carbocycles.